The molecule has 0 aliphatic rings. The van der Waals surface area contributed by atoms with Gasteiger partial charge in [0.25, 0.3) is 0 Å². The van der Waals surface area contributed by atoms with Gasteiger partial charge in [-0.2, -0.15) is 0 Å². The van der Waals surface area contributed by atoms with E-state index in [1.54, 1.807) is 0 Å². The molecule has 0 aromatic heterocycles. The lowest BCUT2D eigenvalue weighted by molar-refractivity contribution is 0.0485. The maximum atomic E-state index is 6.38. The van der Waals surface area contributed by atoms with Crippen molar-refractivity contribution in [3.8, 4) is 0 Å². The largest absolute Gasteiger partial charge is 0.391 e. The summed E-state index contributed by atoms with van der Waals surface area (Å²) < 4.78 is 23.6. The van der Waals surface area contributed by atoms with Gasteiger partial charge in [0, 0.05) is 23.3 Å². The third-order valence-corrected chi connectivity index (χ3v) is 8.62. The zero-order valence-corrected chi connectivity index (χ0v) is 16.4. The molecule has 0 amide bonds. The fourth-order valence-corrected chi connectivity index (χ4v) is 7.62. The summed E-state index contributed by atoms with van der Waals surface area (Å²) in [6.07, 6.45) is 0. The molecule has 0 fully saturated rings. The maximum absolute atomic E-state index is 6.38. The van der Waals surface area contributed by atoms with Gasteiger partial charge in [0.05, 0.1) is 26.4 Å². The van der Waals surface area contributed by atoms with Crippen LogP contribution >= 0.6 is 0 Å². The second-order valence-corrected chi connectivity index (χ2v) is 12.0. The molecule has 0 aliphatic carbocycles. The van der Waals surface area contributed by atoms with Crippen molar-refractivity contribution in [1.82, 2.24) is 0 Å². The van der Waals surface area contributed by atoms with Crippen molar-refractivity contribution in [3.05, 3.63) is 0 Å². The van der Waals surface area contributed by atoms with Crippen molar-refractivity contribution in [2.75, 3.05) is 39.6 Å². The quantitative estimate of drug-likeness (QED) is 0.448. The highest BCUT2D eigenvalue weighted by Gasteiger charge is 2.58. The first-order valence-electron chi connectivity index (χ1n) is 8.05. The van der Waals surface area contributed by atoms with E-state index in [0.717, 1.165) is 0 Å². The SMILES string of the molecule is CCOCCO[Si](OCCOCC)(C(C)(C)C)C(C)(C)C. The van der Waals surface area contributed by atoms with Crippen LogP contribution in [0.5, 0.6) is 0 Å². The van der Waals surface area contributed by atoms with E-state index in [0.29, 0.717) is 39.6 Å². The molecule has 0 aliphatic heterocycles. The Bertz CT molecular complexity index is 240. The van der Waals surface area contributed by atoms with E-state index in [2.05, 4.69) is 41.5 Å². The van der Waals surface area contributed by atoms with Crippen LogP contribution in [0, 0.1) is 0 Å². The third-order valence-electron chi connectivity index (χ3n) is 3.45. The normalized spacial score (nSPS) is 13.7. The number of hydrogen-bond donors (Lipinski definition) is 0. The Morgan fingerprint density at radius 3 is 1.19 bits per heavy atom. The molecular weight excluding hydrogens is 284 g/mol. The van der Waals surface area contributed by atoms with Crippen LogP contribution in [-0.4, -0.2) is 48.2 Å². The van der Waals surface area contributed by atoms with Crippen LogP contribution in [0.2, 0.25) is 10.1 Å². The predicted octanol–water partition coefficient (Wildman–Crippen LogP) is 4.14. The zero-order valence-electron chi connectivity index (χ0n) is 15.4. The Kier molecular flexibility index (Phi) is 9.28. The molecular formula is C16H36O4Si. The van der Waals surface area contributed by atoms with Gasteiger partial charge in [0.2, 0.25) is 0 Å². The van der Waals surface area contributed by atoms with Gasteiger partial charge in [-0.3, -0.25) is 0 Å². The lowest BCUT2D eigenvalue weighted by Gasteiger charge is -2.49. The summed E-state index contributed by atoms with van der Waals surface area (Å²) in [5.41, 5.74) is 0. The first-order valence-corrected chi connectivity index (χ1v) is 9.87. The van der Waals surface area contributed by atoms with Crippen LogP contribution in [-0.2, 0) is 18.3 Å². The summed E-state index contributed by atoms with van der Waals surface area (Å²) in [4.78, 5) is 0. The molecule has 128 valence electrons. The van der Waals surface area contributed by atoms with E-state index in [1.807, 2.05) is 13.8 Å². The third kappa shape index (κ3) is 6.36. The first-order chi connectivity index (χ1) is 9.62. The van der Waals surface area contributed by atoms with Gasteiger partial charge in [-0.25, -0.2) is 0 Å². The minimum atomic E-state index is -2.46. The Balaban J connectivity index is 4.98. The van der Waals surface area contributed by atoms with E-state index in [1.165, 1.54) is 0 Å². The monoisotopic (exact) mass is 320 g/mol. The maximum Gasteiger partial charge on any atom is 0.349 e. The molecule has 0 saturated carbocycles. The van der Waals surface area contributed by atoms with Gasteiger partial charge in [0.15, 0.2) is 0 Å². The van der Waals surface area contributed by atoms with Gasteiger partial charge < -0.3 is 18.3 Å². The first kappa shape index (κ1) is 21.1. The van der Waals surface area contributed by atoms with E-state index in [-0.39, 0.29) is 10.1 Å². The molecule has 0 radical (unpaired) electrons. The second-order valence-electron chi connectivity index (χ2n) is 7.21. The molecule has 0 bridgehead atoms. The molecule has 0 heterocycles. The molecule has 0 unspecified atom stereocenters. The van der Waals surface area contributed by atoms with Gasteiger partial charge in [-0.15, -0.1) is 0 Å². The summed E-state index contributed by atoms with van der Waals surface area (Å²) in [6, 6.07) is 0. The minimum Gasteiger partial charge on any atom is -0.391 e. The van der Waals surface area contributed by atoms with Crippen molar-refractivity contribution in [2.45, 2.75) is 65.5 Å². The van der Waals surface area contributed by atoms with Crippen LogP contribution < -0.4 is 0 Å². The summed E-state index contributed by atoms with van der Waals surface area (Å²) in [5, 5.41) is -0.0483. The average molecular weight is 321 g/mol. The highest BCUT2D eigenvalue weighted by atomic mass is 28.4. The summed E-state index contributed by atoms with van der Waals surface area (Å²) in [5.74, 6) is 0. The van der Waals surface area contributed by atoms with Gasteiger partial charge >= 0.3 is 8.56 Å². The van der Waals surface area contributed by atoms with Crippen LogP contribution in [0.25, 0.3) is 0 Å². The van der Waals surface area contributed by atoms with Crippen LogP contribution in [0.1, 0.15) is 55.4 Å². The minimum absolute atomic E-state index is 0.0241. The molecule has 4 nitrogen and oxygen atoms in total. The Labute approximate surface area is 132 Å². The molecule has 21 heavy (non-hydrogen) atoms. The van der Waals surface area contributed by atoms with Crippen molar-refractivity contribution in [2.24, 2.45) is 0 Å². The highest BCUT2D eigenvalue weighted by Crippen LogP contribution is 2.52. The Hall–Kier alpha value is 0.0569. The van der Waals surface area contributed by atoms with E-state index < -0.39 is 8.56 Å². The van der Waals surface area contributed by atoms with Gasteiger partial charge in [0.1, 0.15) is 0 Å². The molecule has 0 rings (SSSR count). The Morgan fingerprint density at radius 2 is 0.952 bits per heavy atom. The van der Waals surface area contributed by atoms with E-state index in [9.17, 15) is 0 Å². The summed E-state index contributed by atoms with van der Waals surface area (Å²) in [6.45, 7) is 21.1. The summed E-state index contributed by atoms with van der Waals surface area (Å²) in [7, 11) is -2.46. The van der Waals surface area contributed by atoms with Gasteiger partial charge in [-0.1, -0.05) is 41.5 Å². The standard InChI is InChI=1S/C16H36O4Si/c1-9-17-11-13-19-21(15(3,4)5,16(6,7)8)20-14-12-18-10-2/h9-14H2,1-8H3. The second kappa shape index (κ2) is 9.25. The zero-order chi connectivity index (χ0) is 16.6. The fraction of sp³-hybridized carbons (Fsp3) is 1.00. The molecule has 0 N–H and O–H groups in total. The average Bonchev–Trinajstić information content (AvgIpc) is 2.34. The van der Waals surface area contributed by atoms with Crippen molar-refractivity contribution in [1.29, 1.82) is 0 Å². The lowest BCUT2D eigenvalue weighted by atomic mass is 10.2. The smallest absolute Gasteiger partial charge is 0.349 e. The summed E-state index contributed by atoms with van der Waals surface area (Å²) >= 11 is 0. The van der Waals surface area contributed by atoms with E-state index >= 15 is 0 Å². The molecule has 0 atom stereocenters. The van der Waals surface area contributed by atoms with Crippen molar-refractivity contribution in [3.63, 3.8) is 0 Å². The van der Waals surface area contributed by atoms with E-state index in [4.69, 9.17) is 18.3 Å². The van der Waals surface area contributed by atoms with Crippen LogP contribution in [0.15, 0.2) is 0 Å². The molecule has 0 aromatic rings. The highest BCUT2D eigenvalue weighted by molar-refractivity contribution is 6.73. The number of hydrogen-bond acceptors (Lipinski definition) is 4. The lowest BCUT2D eigenvalue weighted by Crippen LogP contribution is -2.58. The predicted molar refractivity (Wildman–Crippen MR) is 90.1 cm³/mol. The van der Waals surface area contributed by atoms with Crippen LogP contribution in [0.3, 0.4) is 0 Å². The number of ether oxygens (including phenoxy) is 2. The molecule has 0 aromatic carbocycles. The van der Waals surface area contributed by atoms with Gasteiger partial charge in [-0.05, 0) is 13.8 Å². The number of rotatable bonds is 10. The molecule has 0 spiro atoms. The fourth-order valence-electron chi connectivity index (χ4n) is 2.81. The molecule has 0 saturated heterocycles. The topological polar surface area (TPSA) is 36.9 Å². The van der Waals surface area contributed by atoms with Crippen LogP contribution in [0.4, 0.5) is 0 Å². The Morgan fingerprint density at radius 1 is 0.619 bits per heavy atom. The van der Waals surface area contributed by atoms with Crippen molar-refractivity contribution < 1.29 is 18.3 Å². The molecule has 5 heteroatoms. The van der Waals surface area contributed by atoms with Crippen molar-refractivity contribution >= 4 is 8.56 Å².